The summed E-state index contributed by atoms with van der Waals surface area (Å²) < 4.78 is 16.0. The fourth-order valence-corrected chi connectivity index (χ4v) is 2.41. The van der Waals surface area contributed by atoms with Crippen molar-refractivity contribution < 1.29 is 23.8 Å². The van der Waals surface area contributed by atoms with Crippen LogP contribution in [0.5, 0.6) is 17.2 Å². The monoisotopic (exact) mass is 399 g/mol. The van der Waals surface area contributed by atoms with Gasteiger partial charge in [-0.3, -0.25) is 9.59 Å². The molecule has 2 amide bonds. The lowest BCUT2D eigenvalue weighted by molar-refractivity contribution is -0.126. The summed E-state index contributed by atoms with van der Waals surface area (Å²) in [4.78, 5) is 23.9. The summed E-state index contributed by atoms with van der Waals surface area (Å²) in [6.07, 6.45) is 1.11. The first-order valence-corrected chi connectivity index (χ1v) is 9.21. The van der Waals surface area contributed by atoms with Gasteiger partial charge in [0, 0.05) is 5.69 Å². The van der Waals surface area contributed by atoms with Gasteiger partial charge in [-0.2, -0.15) is 5.10 Å². The van der Waals surface area contributed by atoms with Gasteiger partial charge in [-0.05, 0) is 61.9 Å². The maximum atomic E-state index is 12.0. The van der Waals surface area contributed by atoms with E-state index in [1.165, 1.54) is 6.21 Å². The second-order valence-electron chi connectivity index (χ2n) is 5.82. The Morgan fingerprint density at radius 1 is 0.966 bits per heavy atom. The van der Waals surface area contributed by atoms with Crippen LogP contribution in [0.1, 0.15) is 25.8 Å². The van der Waals surface area contributed by atoms with E-state index in [1.807, 2.05) is 13.8 Å². The first-order valence-electron chi connectivity index (χ1n) is 9.21. The number of nitrogens with one attached hydrogen (secondary N) is 2. The van der Waals surface area contributed by atoms with Crippen LogP contribution in [0.25, 0.3) is 0 Å². The maximum absolute atomic E-state index is 12.0. The summed E-state index contributed by atoms with van der Waals surface area (Å²) in [5.74, 6) is 0.941. The van der Waals surface area contributed by atoms with Crippen molar-refractivity contribution in [1.29, 1.82) is 0 Å². The van der Waals surface area contributed by atoms with E-state index < -0.39 is 11.8 Å². The summed E-state index contributed by atoms with van der Waals surface area (Å²) in [6, 6.07) is 12.2. The predicted octanol–water partition coefficient (Wildman–Crippen LogP) is 2.97. The zero-order chi connectivity index (χ0) is 21.1. The molecule has 0 heterocycles. The van der Waals surface area contributed by atoms with E-state index in [2.05, 4.69) is 15.8 Å². The molecule has 0 aliphatic rings. The lowest BCUT2D eigenvalue weighted by atomic mass is 10.2. The normalized spacial score (nSPS) is 10.4. The largest absolute Gasteiger partial charge is 0.494 e. The van der Waals surface area contributed by atoms with Crippen LogP contribution in [0.3, 0.4) is 0 Å². The Morgan fingerprint density at radius 3 is 2.34 bits per heavy atom. The van der Waals surface area contributed by atoms with Crippen LogP contribution in [0.15, 0.2) is 47.6 Å². The van der Waals surface area contributed by atoms with Crippen LogP contribution in [0, 0.1) is 0 Å². The molecular formula is C21H25N3O5. The molecule has 8 heteroatoms. The molecule has 29 heavy (non-hydrogen) atoms. The van der Waals surface area contributed by atoms with Gasteiger partial charge in [-0.25, -0.2) is 5.43 Å². The zero-order valence-corrected chi connectivity index (χ0v) is 16.7. The minimum atomic E-state index is -0.525. The van der Waals surface area contributed by atoms with Crippen molar-refractivity contribution in [1.82, 2.24) is 5.43 Å². The average molecular weight is 399 g/mol. The van der Waals surface area contributed by atoms with E-state index in [1.54, 1.807) is 49.6 Å². The number of amides is 2. The van der Waals surface area contributed by atoms with E-state index in [4.69, 9.17) is 14.2 Å². The first kappa shape index (κ1) is 21.7. The molecule has 8 nitrogen and oxygen atoms in total. The highest BCUT2D eigenvalue weighted by atomic mass is 16.5. The molecular weight excluding hydrogens is 374 g/mol. The van der Waals surface area contributed by atoms with Gasteiger partial charge < -0.3 is 19.5 Å². The van der Waals surface area contributed by atoms with Crippen molar-refractivity contribution >= 4 is 23.7 Å². The Kier molecular flexibility index (Phi) is 8.50. The SMILES string of the molecule is CCOc1ccc(NC(=O)CC(=O)NN=Cc2ccc(OC)c(OCC)c2)cc1. The van der Waals surface area contributed by atoms with Crippen LogP contribution in [-0.4, -0.2) is 38.4 Å². The lowest BCUT2D eigenvalue weighted by Crippen LogP contribution is -2.24. The highest BCUT2D eigenvalue weighted by molar-refractivity contribution is 6.03. The molecule has 154 valence electrons. The maximum Gasteiger partial charge on any atom is 0.249 e. The van der Waals surface area contributed by atoms with Crippen LogP contribution in [0.4, 0.5) is 5.69 Å². The van der Waals surface area contributed by atoms with Crippen molar-refractivity contribution in [2.75, 3.05) is 25.6 Å². The van der Waals surface area contributed by atoms with Gasteiger partial charge in [0.15, 0.2) is 11.5 Å². The Balaban J connectivity index is 1.84. The Morgan fingerprint density at radius 2 is 1.69 bits per heavy atom. The highest BCUT2D eigenvalue weighted by Crippen LogP contribution is 2.27. The molecule has 0 aliphatic heterocycles. The van der Waals surface area contributed by atoms with Crippen LogP contribution in [0.2, 0.25) is 0 Å². The number of methoxy groups -OCH3 is 1. The van der Waals surface area contributed by atoms with Gasteiger partial charge in [-0.1, -0.05) is 0 Å². The van der Waals surface area contributed by atoms with Crippen LogP contribution >= 0.6 is 0 Å². The Bertz CT molecular complexity index is 850. The molecule has 0 spiro atoms. The molecule has 0 radical (unpaired) electrons. The third-order valence-electron chi connectivity index (χ3n) is 3.66. The van der Waals surface area contributed by atoms with E-state index in [0.717, 1.165) is 0 Å². The van der Waals surface area contributed by atoms with Crippen molar-refractivity contribution in [2.24, 2.45) is 5.10 Å². The Labute approximate surface area is 169 Å². The average Bonchev–Trinajstić information content (AvgIpc) is 2.70. The predicted molar refractivity (Wildman–Crippen MR) is 111 cm³/mol. The van der Waals surface area contributed by atoms with Gasteiger partial charge in [0.1, 0.15) is 12.2 Å². The summed E-state index contributed by atoms with van der Waals surface area (Å²) in [5, 5.41) is 6.52. The number of ether oxygens (including phenoxy) is 3. The fourth-order valence-electron chi connectivity index (χ4n) is 2.41. The highest BCUT2D eigenvalue weighted by Gasteiger charge is 2.09. The third kappa shape index (κ3) is 7.17. The molecule has 2 rings (SSSR count). The number of rotatable bonds is 10. The van der Waals surface area contributed by atoms with Gasteiger partial charge in [0.25, 0.3) is 0 Å². The van der Waals surface area contributed by atoms with Crippen LogP contribution < -0.4 is 25.0 Å². The van der Waals surface area contributed by atoms with Crippen molar-refractivity contribution in [3.05, 3.63) is 48.0 Å². The van der Waals surface area contributed by atoms with Gasteiger partial charge in [0.2, 0.25) is 11.8 Å². The second kappa shape index (κ2) is 11.3. The number of carbonyl (C=O) groups excluding carboxylic acids is 2. The summed E-state index contributed by atoms with van der Waals surface area (Å²) in [5.41, 5.74) is 3.63. The third-order valence-corrected chi connectivity index (χ3v) is 3.66. The number of hydrazone groups is 1. The minimum Gasteiger partial charge on any atom is -0.494 e. The van der Waals surface area contributed by atoms with Crippen molar-refractivity contribution in [3.8, 4) is 17.2 Å². The van der Waals surface area contributed by atoms with Gasteiger partial charge >= 0.3 is 0 Å². The number of anilines is 1. The molecule has 0 unspecified atom stereocenters. The lowest BCUT2D eigenvalue weighted by Gasteiger charge is -2.09. The van der Waals surface area contributed by atoms with Crippen molar-refractivity contribution in [3.63, 3.8) is 0 Å². The second-order valence-corrected chi connectivity index (χ2v) is 5.82. The number of carbonyl (C=O) groups is 2. The van der Waals surface area contributed by atoms with E-state index in [-0.39, 0.29) is 6.42 Å². The Hall–Kier alpha value is -3.55. The number of benzene rings is 2. The molecule has 0 aromatic heterocycles. The van der Waals surface area contributed by atoms with E-state index in [9.17, 15) is 9.59 Å². The molecule has 2 N–H and O–H groups in total. The zero-order valence-electron chi connectivity index (χ0n) is 16.7. The smallest absolute Gasteiger partial charge is 0.249 e. The van der Waals surface area contributed by atoms with Crippen LogP contribution in [-0.2, 0) is 9.59 Å². The summed E-state index contributed by atoms with van der Waals surface area (Å²) in [6.45, 7) is 4.83. The first-order chi connectivity index (χ1) is 14.0. The number of hydrogen-bond donors (Lipinski definition) is 2. The molecule has 0 saturated heterocycles. The van der Waals surface area contributed by atoms with E-state index >= 15 is 0 Å². The standard InChI is InChI=1S/C21H25N3O5/c1-4-28-17-9-7-16(8-10-17)23-20(25)13-21(26)24-22-14-15-6-11-18(27-3)19(12-15)29-5-2/h6-12,14H,4-5,13H2,1-3H3,(H,23,25)(H,24,26). The molecule has 0 aliphatic carbocycles. The molecule has 2 aromatic carbocycles. The molecule has 0 bridgehead atoms. The summed E-state index contributed by atoms with van der Waals surface area (Å²) in [7, 11) is 1.56. The quantitative estimate of drug-likeness (QED) is 0.364. The summed E-state index contributed by atoms with van der Waals surface area (Å²) >= 11 is 0. The minimum absolute atomic E-state index is 0.350. The van der Waals surface area contributed by atoms with Gasteiger partial charge in [-0.15, -0.1) is 0 Å². The topological polar surface area (TPSA) is 98.2 Å². The van der Waals surface area contributed by atoms with E-state index in [0.29, 0.717) is 41.7 Å². The van der Waals surface area contributed by atoms with Crippen molar-refractivity contribution in [2.45, 2.75) is 20.3 Å². The molecule has 2 aromatic rings. The number of hydrogen-bond acceptors (Lipinski definition) is 6. The van der Waals surface area contributed by atoms with Gasteiger partial charge in [0.05, 0.1) is 26.5 Å². The number of nitrogens with zero attached hydrogens (tertiary/aromatic N) is 1. The molecule has 0 fully saturated rings. The molecule has 0 saturated carbocycles. The molecule has 0 atom stereocenters. The fraction of sp³-hybridized carbons (Fsp3) is 0.286.